The highest BCUT2D eigenvalue weighted by molar-refractivity contribution is 5.37. The Kier molecular flexibility index (Phi) is 2.81. The normalized spacial score (nSPS) is 20.1. The Balaban J connectivity index is 1.77. The Hall–Kier alpha value is -1.05. The molecule has 0 spiro atoms. The quantitative estimate of drug-likeness (QED) is 0.764. The van der Waals surface area contributed by atoms with Crippen LogP contribution in [0.25, 0.3) is 0 Å². The molecule has 2 saturated carbocycles. The summed E-state index contributed by atoms with van der Waals surface area (Å²) in [6.45, 7) is 1.88. The minimum Gasteiger partial charge on any atom is -0.487 e. The summed E-state index contributed by atoms with van der Waals surface area (Å²) in [5, 5.41) is 0. The van der Waals surface area contributed by atoms with E-state index in [0.29, 0.717) is 5.75 Å². The van der Waals surface area contributed by atoms with Crippen molar-refractivity contribution in [1.29, 1.82) is 0 Å². The first-order chi connectivity index (χ1) is 8.24. The van der Waals surface area contributed by atoms with Crippen molar-refractivity contribution in [2.45, 2.75) is 51.6 Å². The Morgan fingerprint density at radius 3 is 2.59 bits per heavy atom. The van der Waals surface area contributed by atoms with Crippen molar-refractivity contribution < 1.29 is 9.13 Å². The third-order valence-electron chi connectivity index (χ3n) is 4.01. The first kappa shape index (κ1) is 11.1. The summed E-state index contributed by atoms with van der Waals surface area (Å²) in [5.41, 5.74) is 1.95. The zero-order valence-electron chi connectivity index (χ0n) is 10.3. The van der Waals surface area contributed by atoms with Crippen LogP contribution in [0, 0.1) is 18.7 Å². The van der Waals surface area contributed by atoms with Crippen molar-refractivity contribution in [3.05, 3.63) is 29.1 Å². The summed E-state index contributed by atoms with van der Waals surface area (Å²) >= 11 is 0. The fourth-order valence-corrected chi connectivity index (χ4v) is 2.39. The van der Waals surface area contributed by atoms with Crippen LogP contribution in [0.15, 0.2) is 12.1 Å². The molecule has 0 unspecified atom stereocenters. The molecule has 0 bridgehead atoms. The van der Waals surface area contributed by atoms with Crippen molar-refractivity contribution in [3.8, 4) is 5.75 Å². The van der Waals surface area contributed by atoms with Gasteiger partial charge in [0.1, 0.15) is 0 Å². The molecule has 2 aliphatic rings. The van der Waals surface area contributed by atoms with Crippen molar-refractivity contribution in [2.75, 3.05) is 0 Å². The Labute approximate surface area is 102 Å². The summed E-state index contributed by atoms with van der Waals surface area (Å²) < 4.78 is 19.7. The van der Waals surface area contributed by atoms with Crippen LogP contribution >= 0.6 is 0 Å². The Bertz CT molecular complexity index is 419. The number of rotatable bonds is 4. The van der Waals surface area contributed by atoms with E-state index in [-0.39, 0.29) is 11.9 Å². The lowest BCUT2D eigenvalue weighted by Crippen LogP contribution is -2.14. The smallest absolute Gasteiger partial charge is 0.168 e. The van der Waals surface area contributed by atoms with Gasteiger partial charge >= 0.3 is 0 Å². The van der Waals surface area contributed by atoms with E-state index < -0.39 is 0 Å². The highest BCUT2D eigenvalue weighted by Gasteiger charge is 2.26. The van der Waals surface area contributed by atoms with Crippen molar-refractivity contribution in [1.82, 2.24) is 0 Å². The van der Waals surface area contributed by atoms with Gasteiger partial charge in [0.05, 0.1) is 6.10 Å². The van der Waals surface area contributed by atoms with Crippen molar-refractivity contribution in [2.24, 2.45) is 5.92 Å². The van der Waals surface area contributed by atoms with Gasteiger partial charge in [0, 0.05) is 0 Å². The molecule has 1 aromatic rings. The van der Waals surface area contributed by atoms with Crippen molar-refractivity contribution >= 4 is 0 Å². The minimum absolute atomic E-state index is 0.145. The summed E-state index contributed by atoms with van der Waals surface area (Å²) in [7, 11) is 0. The van der Waals surface area contributed by atoms with Gasteiger partial charge in [0.15, 0.2) is 11.6 Å². The first-order valence-electron chi connectivity index (χ1n) is 6.68. The molecule has 2 heteroatoms. The average molecular weight is 234 g/mol. The topological polar surface area (TPSA) is 9.23 Å². The van der Waals surface area contributed by atoms with Gasteiger partial charge in [-0.2, -0.15) is 0 Å². The predicted octanol–water partition coefficient (Wildman–Crippen LogP) is 4.02. The van der Waals surface area contributed by atoms with E-state index in [0.717, 1.165) is 36.3 Å². The van der Waals surface area contributed by atoms with E-state index in [9.17, 15) is 4.39 Å². The maximum absolute atomic E-state index is 14.1. The molecule has 2 fully saturated rings. The molecule has 1 nitrogen and oxygen atoms in total. The molecule has 0 radical (unpaired) electrons. The highest BCUT2D eigenvalue weighted by Crippen LogP contribution is 2.34. The molecule has 0 atom stereocenters. The van der Waals surface area contributed by atoms with Gasteiger partial charge < -0.3 is 4.74 Å². The van der Waals surface area contributed by atoms with Crippen molar-refractivity contribution in [3.63, 3.8) is 0 Å². The number of benzene rings is 1. The lowest BCUT2D eigenvalue weighted by Gasteiger charge is -2.26. The molecule has 92 valence electrons. The van der Waals surface area contributed by atoms with Gasteiger partial charge in [-0.25, -0.2) is 4.39 Å². The summed E-state index contributed by atoms with van der Waals surface area (Å²) in [5.74, 6) is 1.08. The fourth-order valence-electron chi connectivity index (χ4n) is 2.39. The lowest BCUT2D eigenvalue weighted by molar-refractivity contribution is 0.285. The third-order valence-corrected chi connectivity index (χ3v) is 4.01. The summed E-state index contributed by atoms with van der Waals surface area (Å²) in [6, 6.07) is 3.86. The van der Waals surface area contributed by atoms with Gasteiger partial charge in [0.2, 0.25) is 0 Å². The number of hydrogen-bond donors (Lipinski definition) is 0. The average Bonchev–Trinajstić information content (AvgIpc) is 3.05. The molecule has 2 aliphatic carbocycles. The fraction of sp³-hybridized carbons (Fsp3) is 0.600. The van der Waals surface area contributed by atoms with Crippen LogP contribution in [0.4, 0.5) is 4.39 Å². The van der Waals surface area contributed by atoms with E-state index in [2.05, 4.69) is 6.07 Å². The monoisotopic (exact) mass is 234 g/mol. The molecular weight excluding hydrogens is 215 g/mol. The number of ether oxygens (including phenoxy) is 1. The maximum atomic E-state index is 14.1. The van der Waals surface area contributed by atoms with Gasteiger partial charge in [-0.05, 0) is 49.3 Å². The van der Waals surface area contributed by atoms with E-state index in [4.69, 9.17) is 4.74 Å². The molecule has 0 aliphatic heterocycles. The second-order valence-corrected chi connectivity index (χ2v) is 5.48. The molecule has 17 heavy (non-hydrogen) atoms. The zero-order chi connectivity index (χ0) is 11.8. The minimum atomic E-state index is -0.145. The number of halogens is 1. The van der Waals surface area contributed by atoms with Crippen LogP contribution in [-0.4, -0.2) is 6.10 Å². The molecule has 1 aromatic carbocycles. The van der Waals surface area contributed by atoms with Crippen LogP contribution in [0.3, 0.4) is 0 Å². The summed E-state index contributed by atoms with van der Waals surface area (Å²) in [6.07, 6.45) is 7.40. The predicted molar refractivity (Wildman–Crippen MR) is 65.8 cm³/mol. The molecular formula is C15H19FO. The lowest BCUT2D eigenvalue weighted by atomic mass is 9.80. The molecule has 0 heterocycles. The van der Waals surface area contributed by atoms with Gasteiger partial charge in [-0.15, -0.1) is 0 Å². The second kappa shape index (κ2) is 4.32. The Morgan fingerprint density at radius 1 is 1.24 bits per heavy atom. The van der Waals surface area contributed by atoms with Crippen LogP contribution in [0.2, 0.25) is 0 Å². The molecule has 0 amide bonds. The van der Waals surface area contributed by atoms with Crippen LogP contribution in [0.5, 0.6) is 5.75 Å². The van der Waals surface area contributed by atoms with Crippen LogP contribution < -0.4 is 4.74 Å². The maximum Gasteiger partial charge on any atom is 0.168 e. The Morgan fingerprint density at radius 2 is 2.00 bits per heavy atom. The SMILES string of the molecule is Cc1c(CC2CCC2)ccc(OC2CC2)c1F. The summed E-state index contributed by atoms with van der Waals surface area (Å²) in [4.78, 5) is 0. The molecule has 3 rings (SSSR count). The van der Waals surface area contributed by atoms with Crippen LogP contribution in [0.1, 0.15) is 43.2 Å². The first-order valence-corrected chi connectivity index (χ1v) is 6.68. The van der Waals surface area contributed by atoms with E-state index in [1.54, 1.807) is 0 Å². The van der Waals surface area contributed by atoms with E-state index in [1.165, 1.54) is 19.3 Å². The zero-order valence-corrected chi connectivity index (χ0v) is 10.3. The van der Waals surface area contributed by atoms with Gasteiger partial charge in [-0.3, -0.25) is 0 Å². The molecule has 0 aromatic heterocycles. The van der Waals surface area contributed by atoms with Gasteiger partial charge in [-0.1, -0.05) is 25.3 Å². The largest absolute Gasteiger partial charge is 0.487 e. The second-order valence-electron chi connectivity index (χ2n) is 5.48. The van der Waals surface area contributed by atoms with Crippen LogP contribution in [-0.2, 0) is 6.42 Å². The number of hydrogen-bond acceptors (Lipinski definition) is 1. The molecule has 0 N–H and O–H groups in total. The third kappa shape index (κ3) is 2.31. The van der Waals surface area contributed by atoms with E-state index >= 15 is 0 Å². The highest BCUT2D eigenvalue weighted by atomic mass is 19.1. The molecule has 0 saturated heterocycles. The van der Waals surface area contributed by atoms with Gasteiger partial charge in [0.25, 0.3) is 0 Å². The van der Waals surface area contributed by atoms with E-state index in [1.807, 2.05) is 13.0 Å². The standard InChI is InChI=1S/C15H19FO/c1-10-12(9-11-3-2-4-11)5-8-14(15(10)16)17-13-6-7-13/h5,8,11,13H,2-4,6-7,9H2,1H3.